The molecular formula is C13H17N3O5. The van der Waals surface area contributed by atoms with E-state index in [1.807, 2.05) is 0 Å². The van der Waals surface area contributed by atoms with Gasteiger partial charge < -0.3 is 15.0 Å². The Morgan fingerprint density at radius 3 is 2.62 bits per heavy atom. The number of aliphatic carboxylic acids is 1. The monoisotopic (exact) mass is 295 g/mol. The van der Waals surface area contributed by atoms with Crippen molar-refractivity contribution in [1.82, 2.24) is 9.88 Å². The number of carbonyl (C=O) groups excluding carboxylic acids is 1. The molecule has 1 fully saturated rings. The van der Waals surface area contributed by atoms with Crippen LogP contribution in [-0.4, -0.2) is 44.9 Å². The lowest BCUT2D eigenvalue weighted by Gasteiger charge is -2.31. The van der Waals surface area contributed by atoms with Gasteiger partial charge in [0.1, 0.15) is 5.69 Å². The van der Waals surface area contributed by atoms with E-state index in [2.05, 4.69) is 4.98 Å². The number of amides is 1. The van der Waals surface area contributed by atoms with Gasteiger partial charge in [0.05, 0.1) is 11.1 Å². The number of carboxylic acids is 1. The summed E-state index contributed by atoms with van der Waals surface area (Å²) < 4.78 is 0. The lowest BCUT2D eigenvalue weighted by molar-refractivity contribution is -0.384. The van der Waals surface area contributed by atoms with Crippen LogP contribution in [0.25, 0.3) is 0 Å². The first-order valence-corrected chi connectivity index (χ1v) is 6.81. The number of carbonyl (C=O) groups is 2. The second-order valence-corrected chi connectivity index (χ2v) is 5.20. The second kappa shape index (κ2) is 6.38. The van der Waals surface area contributed by atoms with Gasteiger partial charge in [0.25, 0.3) is 11.6 Å². The maximum atomic E-state index is 12.2. The maximum absolute atomic E-state index is 12.2. The van der Waals surface area contributed by atoms with Gasteiger partial charge in [-0.1, -0.05) is 0 Å². The Kier molecular flexibility index (Phi) is 4.56. The number of piperidine rings is 1. The zero-order valence-electron chi connectivity index (χ0n) is 11.4. The zero-order valence-corrected chi connectivity index (χ0v) is 11.4. The number of nitro groups is 1. The summed E-state index contributed by atoms with van der Waals surface area (Å²) in [4.78, 5) is 37.0. The smallest absolute Gasteiger partial charge is 0.303 e. The third-order valence-electron chi connectivity index (χ3n) is 3.78. The molecule has 1 aliphatic rings. The van der Waals surface area contributed by atoms with Crippen LogP contribution in [0.1, 0.15) is 36.2 Å². The molecule has 0 bridgehead atoms. The standard InChI is InChI=1S/C13H17N3O5/c17-12(18)2-1-9-3-5-15(6-4-9)13(19)11-7-10(8-14-11)16(20)21/h7-9,14H,1-6H2,(H,17,18). The molecule has 8 heteroatoms. The van der Waals surface area contributed by atoms with Crippen LogP contribution in [-0.2, 0) is 4.79 Å². The van der Waals surface area contributed by atoms with E-state index in [0.29, 0.717) is 25.4 Å². The summed E-state index contributed by atoms with van der Waals surface area (Å²) >= 11 is 0. The predicted molar refractivity (Wildman–Crippen MR) is 72.9 cm³/mol. The molecule has 1 saturated heterocycles. The predicted octanol–water partition coefficient (Wildman–Crippen LogP) is 1.64. The maximum Gasteiger partial charge on any atom is 0.303 e. The van der Waals surface area contributed by atoms with Gasteiger partial charge >= 0.3 is 5.97 Å². The SMILES string of the molecule is O=C(O)CCC1CCN(C(=O)c2cc([N+](=O)[O-])c[nH]2)CC1. The quantitative estimate of drug-likeness (QED) is 0.632. The molecule has 0 atom stereocenters. The summed E-state index contributed by atoms with van der Waals surface area (Å²) in [5.41, 5.74) is 0.0837. The molecule has 8 nitrogen and oxygen atoms in total. The molecule has 1 aromatic heterocycles. The van der Waals surface area contributed by atoms with Crippen molar-refractivity contribution in [3.05, 3.63) is 28.1 Å². The summed E-state index contributed by atoms with van der Waals surface area (Å²) in [5, 5.41) is 19.3. The molecule has 0 saturated carbocycles. The van der Waals surface area contributed by atoms with Gasteiger partial charge in [0.2, 0.25) is 0 Å². The van der Waals surface area contributed by atoms with Crippen molar-refractivity contribution in [2.45, 2.75) is 25.7 Å². The normalized spacial score (nSPS) is 15.9. The van der Waals surface area contributed by atoms with Crippen LogP contribution in [0.3, 0.4) is 0 Å². The first-order valence-electron chi connectivity index (χ1n) is 6.81. The van der Waals surface area contributed by atoms with E-state index in [1.54, 1.807) is 4.90 Å². The molecule has 0 aliphatic carbocycles. The average molecular weight is 295 g/mol. The van der Waals surface area contributed by atoms with Crippen LogP contribution >= 0.6 is 0 Å². The van der Waals surface area contributed by atoms with Crippen molar-refractivity contribution < 1.29 is 19.6 Å². The van der Waals surface area contributed by atoms with Crippen LogP contribution in [0.2, 0.25) is 0 Å². The third-order valence-corrected chi connectivity index (χ3v) is 3.78. The Labute approximate surface area is 120 Å². The summed E-state index contributed by atoms with van der Waals surface area (Å²) in [6.07, 6.45) is 3.52. The first-order chi connectivity index (χ1) is 9.97. The van der Waals surface area contributed by atoms with E-state index < -0.39 is 10.9 Å². The van der Waals surface area contributed by atoms with Crippen molar-refractivity contribution >= 4 is 17.6 Å². The molecule has 0 spiro atoms. The lowest BCUT2D eigenvalue weighted by atomic mass is 9.92. The molecule has 1 aliphatic heterocycles. The number of likely N-dealkylation sites (tertiary alicyclic amines) is 1. The number of aromatic amines is 1. The van der Waals surface area contributed by atoms with Crippen molar-refractivity contribution in [3.8, 4) is 0 Å². The van der Waals surface area contributed by atoms with Crippen molar-refractivity contribution in [2.75, 3.05) is 13.1 Å². The van der Waals surface area contributed by atoms with Gasteiger partial charge in [0.15, 0.2) is 0 Å². The summed E-state index contributed by atoms with van der Waals surface area (Å²) in [5.74, 6) is -0.727. The Morgan fingerprint density at radius 1 is 1.43 bits per heavy atom. The zero-order chi connectivity index (χ0) is 15.4. The van der Waals surface area contributed by atoms with Crippen molar-refractivity contribution in [3.63, 3.8) is 0 Å². The lowest BCUT2D eigenvalue weighted by Crippen LogP contribution is -2.38. The largest absolute Gasteiger partial charge is 0.481 e. The molecule has 21 heavy (non-hydrogen) atoms. The molecule has 0 radical (unpaired) electrons. The fourth-order valence-corrected chi connectivity index (χ4v) is 2.53. The fourth-order valence-electron chi connectivity index (χ4n) is 2.53. The van der Waals surface area contributed by atoms with Gasteiger partial charge in [-0.15, -0.1) is 0 Å². The number of hydrogen-bond acceptors (Lipinski definition) is 4. The van der Waals surface area contributed by atoms with Crippen LogP contribution < -0.4 is 0 Å². The third kappa shape index (κ3) is 3.80. The van der Waals surface area contributed by atoms with Crippen molar-refractivity contribution in [1.29, 1.82) is 0 Å². The minimum atomic E-state index is -0.799. The number of H-pyrrole nitrogens is 1. The number of aromatic nitrogens is 1. The molecule has 2 heterocycles. The second-order valence-electron chi connectivity index (χ2n) is 5.20. The summed E-state index contributed by atoms with van der Waals surface area (Å²) in [6, 6.07) is 1.23. The van der Waals surface area contributed by atoms with E-state index >= 15 is 0 Å². The Bertz CT molecular complexity index is 546. The average Bonchev–Trinajstić information content (AvgIpc) is 2.95. The highest BCUT2D eigenvalue weighted by molar-refractivity contribution is 5.93. The highest BCUT2D eigenvalue weighted by Gasteiger charge is 2.25. The first kappa shape index (κ1) is 15.0. The number of nitrogens with one attached hydrogen (secondary N) is 1. The molecule has 0 aromatic carbocycles. The van der Waals surface area contributed by atoms with Crippen molar-refractivity contribution in [2.24, 2.45) is 5.92 Å². The molecule has 0 unspecified atom stereocenters. The van der Waals surface area contributed by atoms with E-state index in [0.717, 1.165) is 12.8 Å². The van der Waals surface area contributed by atoms with Gasteiger partial charge in [0, 0.05) is 25.6 Å². The highest BCUT2D eigenvalue weighted by Crippen LogP contribution is 2.23. The molecule has 1 amide bonds. The van der Waals surface area contributed by atoms with E-state index in [1.165, 1.54) is 12.3 Å². The number of carboxylic acid groups (broad SMARTS) is 1. The summed E-state index contributed by atoms with van der Waals surface area (Å²) in [7, 11) is 0. The van der Waals surface area contributed by atoms with Gasteiger partial charge in [-0.25, -0.2) is 0 Å². The Hall–Kier alpha value is -2.38. The van der Waals surface area contributed by atoms with E-state index in [4.69, 9.17) is 5.11 Å². The fraction of sp³-hybridized carbons (Fsp3) is 0.538. The van der Waals surface area contributed by atoms with Crippen LogP contribution in [0.5, 0.6) is 0 Å². The topological polar surface area (TPSA) is 117 Å². The van der Waals surface area contributed by atoms with E-state index in [-0.39, 0.29) is 23.7 Å². The number of nitrogens with zero attached hydrogens (tertiary/aromatic N) is 2. The highest BCUT2D eigenvalue weighted by atomic mass is 16.6. The van der Waals surface area contributed by atoms with Gasteiger partial charge in [-0.3, -0.25) is 19.7 Å². The van der Waals surface area contributed by atoms with Gasteiger partial charge in [-0.05, 0) is 25.2 Å². The molecular weight excluding hydrogens is 278 g/mol. The Balaban J connectivity index is 1.87. The molecule has 2 N–H and O–H groups in total. The Morgan fingerprint density at radius 2 is 2.10 bits per heavy atom. The van der Waals surface area contributed by atoms with Gasteiger partial charge in [-0.2, -0.15) is 0 Å². The van der Waals surface area contributed by atoms with Crippen LogP contribution in [0.4, 0.5) is 5.69 Å². The molecule has 114 valence electrons. The number of rotatable bonds is 5. The molecule has 2 rings (SSSR count). The van der Waals surface area contributed by atoms with E-state index in [9.17, 15) is 19.7 Å². The minimum Gasteiger partial charge on any atom is -0.481 e. The molecule has 1 aromatic rings. The minimum absolute atomic E-state index is 0.130. The van der Waals surface area contributed by atoms with Crippen LogP contribution in [0, 0.1) is 16.0 Å². The van der Waals surface area contributed by atoms with Crippen LogP contribution in [0.15, 0.2) is 12.3 Å². The summed E-state index contributed by atoms with van der Waals surface area (Å²) in [6.45, 7) is 1.10. The number of hydrogen-bond donors (Lipinski definition) is 2.